The first-order valence-electron chi connectivity index (χ1n) is 6.83. The van der Waals surface area contributed by atoms with Gasteiger partial charge in [0.05, 0.1) is 24.7 Å². The maximum atomic E-state index is 6.03. The van der Waals surface area contributed by atoms with Crippen molar-refractivity contribution in [1.29, 1.82) is 0 Å². The third kappa shape index (κ3) is 2.14. The summed E-state index contributed by atoms with van der Waals surface area (Å²) in [5.41, 5.74) is 2.86. The van der Waals surface area contributed by atoms with Crippen molar-refractivity contribution in [2.45, 2.75) is 6.54 Å². The number of hydrogen-bond acceptors (Lipinski definition) is 4. The van der Waals surface area contributed by atoms with E-state index in [2.05, 4.69) is 4.98 Å². The molecule has 0 bridgehead atoms. The zero-order chi connectivity index (χ0) is 15.1. The number of imidazole rings is 1. The minimum atomic E-state index is 0.272. The van der Waals surface area contributed by atoms with Gasteiger partial charge in [-0.2, -0.15) is 4.98 Å². The van der Waals surface area contributed by atoms with Crippen molar-refractivity contribution < 1.29 is 14.2 Å². The molecule has 0 atom stereocenters. The molecule has 5 nitrogen and oxygen atoms in total. The van der Waals surface area contributed by atoms with Crippen LogP contribution in [0.4, 0.5) is 0 Å². The van der Waals surface area contributed by atoms with Crippen LogP contribution in [0.2, 0.25) is 5.02 Å². The molecular formula is C16H13ClN2O3. The largest absolute Gasteiger partial charge is 0.468 e. The average Bonchev–Trinajstić information content (AvgIpc) is 3.11. The summed E-state index contributed by atoms with van der Waals surface area (Å²) in [4.78, 5) is 4.46. The van der Waals surface area contributed by atoms with Crippen LogP contribution >= 0.6 is 11.6 Å². The first kappa shape index (κ1) is 13.3. The topological polar surface area (TPSA) is 45.5 Å². The first-order chi connectivity index (χ1) is 10.7. The lowest BCUT2D eigenvalue weighted by Gasteiger charge is -2.08. The average molecular weight is 317 g/mol. The van der Waals surface area contributed by atoms with Crippen molar-refractivity contribution in [1.82, 2.24) is 9.55 Å². The van der Waals surface area contributed by atoms with Gasteiger partial charge in [-0.15, -0.1) is 0 Å². The second kappa shape index (κ2) is 5.10. The van der Waals surface area contributed by atoms with E-state index in [1.54, 1.807) is 7.11 Å². The first-order valence-corrected chi connectivity index (χ1v) is 7.21. The molecule has 0 saturated heterocycles. The molecule has 2 aromatic carbocycles. The van der Waals surface area contributed by atoms with E-state index >= 15 is 0 Å². The van der Waals surface area contributed by atoms with E-state index in [4.69, 9.17) is 25.8 Å². The van der Waals surface area contributed by atoms with E-state index in [0.29, 0.717) is 17.6 Å². The Balaban J connectivity index is 1.77. The van der Waals surface area contributed by atoms with Crippen LogP contribution in [0, 0.1) is 0 Å². The summed E-state index contributed by atoms with van der Waals surface area (Å²) in [6.07, 6.45) is 0. The van der Waals surface area contributed by atoms with Crippen LogP contribution < -0.4 is 14.2 Å². The number of halogens is 1. The molecule has 0 unspecified atom stereocenters. The molecule has 0 fully saturated rings. The normalized spacial score (nSPS) is 12.8. The molecule has 0 radical (unpaired) electrons. The highest BCUT2D eigenvalue weighted by atomic mass is 35.5. The molecule has 0 saturated carbocycles. The fourth-order valence-corrected chi connectivity index (χ4v) is 2.78. The number of benzene rings is 2. The standard InChI is InChI=1S/C16H13ClN2O3/c1-20-16-18-12-7-11(17)3-4-13(12)19(16)8-10-2-5-14-15(6-10)22-9-21-14/h2-7H,8-9H2,1H3. The fraction of sp³-hybridized carbons (Fsp3) is 0.188. The molecule has 1 aromatic heterocycles. The lowest BCUT2D eigenvalue weighted by atomic mass is 10.2. The number of fused-ring (bicyclic) bond motifs is 2. The fourth-order valence-electron chi connectivity index (χ4n) is 2.61. The smallest absolute Gasteiger partial charge is 0.297 e. The lowest BCUT2D eigenvalue weighted by Crippen LogP contribution is -2.02. The van der Waals surface area contributed by atoms with Crippen molar-refractivity contribution in [3.63, 3.8) is 0 Å². The SMILES string of the molecule is COc1nc2cc(Cl)ccc2n1Cc1ccc2c(c1)OCO2. The van der Waals surface area contributed by atoms with E-state index < -0.39 is 0 Å². The molecule has 0 spiro atoms. The van der Waals surface area contributed by atoms with Crippen LogP contribution in [-0.4, -0.2) is 23.5 Å². The Morgan fingerprint density at radius 1 is 1.18 bits per heavy atom. The van der Waals surface area contributed by atoms with Gasteiger partial charge in [-0.1, -0.05) is 17.7 Å². The maximum Gasteiger partial charge on any atom is 0.297 e. The molecule has 1 aliphatic rings. The molecule has 0 aliphatic carbocycles. The van der Waals surface area contributed by atoms with Gasteiger partial charge >= 0.3 is 0 Å². The molecule has 6 heteroatoms. The Hall–Kier alpha value is -2.40. The van der Waals surface area contributed by atoms with Crippen LogP contribution in [0.5, 0.6) is 17.5 Å². The number of rotatable bonds is 3. The zero-order valence-electron chi connectivity index (χ0n) is 11.9. The molecule has 3 aromatic rings. The molecule has 1 aliphatic heterocycles. The molecule has 22 heavy (non-hydrogen) atoms. The van der Waals surface area contributed by atoms with E-state index in [9.17, 15) is 0 Å². The van der Waals surface area contributed by atoms with E-state index in [0.717, 1.165) is 28.1 Å². The summed E-state index contributed by atoms with van der Waals surface area (Å²) < 4.78 is 18.1. The monoisotopic (exact) mass is 316 g/mol. The second-order valence-electron chi connectivity index (χ2n) is 5.01. The van der Waals surface area contributed by atoms with Crippen LogP contribution in [-0.2, 0) is 6.54 Å². The Kier molecular flexibility index (Phi) is 3.08. The molecule has 0 amide bonds. The van der Waals surface area contributed by atoms with Gasteiger partial charge in [0.1, 0.15) is 0 Å². The van der Waals surface area contributed by atoms with Crippen molar-refractivity contribution in [2.24, 2.45) is 0 Å². The van der Waals surface area contributed by atoms with Crippen LogP contribution in [0.15, 0.2) is 36.4 Å². The number of hydrogen-bond donors (Lipinski definition) is 0. The van der Waals surface area contributed by atoms with Gasteiger partial charge in [0, 0.05) is 5.02 Å². The summed E-state index contributed by atoms with van der Waals surface area (Å²) in [5, 5.41) is 0.655. The number of nitrogens with zero attached hydrogens (tertiary/aromatic N) is 2. The van der Waals surface area contributed by atoms with Gasteiger partial charge < -0.3 is 14.2 Å². The third-order valence-electron chi connectivity index (χ3n) is 3.64. The summed E-state index contributed by atoms with van der Waals surface area (Å²) in [6.45, 7) is 0.895. The third-order valence-corrected chi connectivity index (χ3v) is 3.87. The number of ether oxygens (including phenoxy) is 3. The molecule has 2 heterocycles. The second-order valence-corrected chi connectivity index (χ2v) is 5.44. The quantitative estimate of drug-likeness (QED) is 0.742. The van der Waals surface area contributed by atoms with Crippen molar-refractivity contribution in [2.75, 3.05) is 13.9 Å². The minimum absolute atomic E-state index is 0.272. The summed E-state index contributed by atoms with van der Waals surface area (Å²) >= 11 is 6.03. The summed E-state index contributed by atoms with van der Waals surface area (Å²) in [6, 6.07) is 12.1. The predicted molar refractivity (Wildman–Crippen MR) is 83.0 cm³/mol. The predicted octanol–water partition coefficient (Wildman–Crippen LogP) is 3.48. The maximum absolute atomic E-state index is 6.03. The highest BCUT2D eigenvalue weighted by Crippen LogP contribution is 2.33. The van der Waals surface area contributed by atoms with Gasteiger partial charge in [0.15, 0.2) is 11.5 Å². The Morgan fingerprint density at radius 2 is 2.05 bits per heavy atom. The van der Waals surface area contributed by atoms with E-state index in [1.807, 2.05) is 41.0 Å². The van der Waals surface area contributed by atoms with Gasteiger partial charge in [0.2, 0.25) is 6.79 Å². The zero-order valence-corrected chi connectivity index (χ0v) is 12.6. The Labute approximate surface area is 132 Å². The van der Waals surface area contributed by atoms with E-state index in [1.165, 1.54) is 0 Å². The highest BCUT2D eigenvalue weighted by Gasteiger charge is 2.16. The number of aromatic nitrogens is 2. The minimum Gasteiger partial charge on any atom is -0.468 e. The van der Waals surface area contributed by atoms with Gasteiger partial charge in [-0.3, -0.25) is 4.57 Å². The molecule has 0 N–H and O–H groups in total. The lowest BCUT2D eigenvalue weighted by molar-refractivity contribution is 0.174. The van der Waals surface area contributed by atoms with Crippen molar-refractivity contribution in [3.05, 3.63) is 47.0 Å². The molecule has 4 rings (SSSR count). The van der Waals surface area contributed by atoms with Gasteiger partial charge in [-0.25, -0.2) is 0 Å². The van der Waals surface area contributed by atoms with E-state index in [-0.39, 0.29) is 6.79 Å². The summed E-state index contributed by atoms with van der Waals surface area (Å²) in [5.74, 6) is 1.54. The van der Waals surface area contributed by atoms with Gasteiger partial charge in [-0.05, 0) is 35.9 Å². The van der Waals surface area contributed by atoms with Crippen LogP contribution in [0.3, 0.4) is 0 Å². The molecular weight excluding hydrogens is 304 g/mol. The van der Waals surface area contributed by atoms with Crippen molar-refractivity contribution in [3.8, 4) is 17.5 Å². The van der Waals surface area contributed by atoms with Crippen molar-refractivity contribution >= 4 is 22.6 Å². The Bertz CT molecular complexity index is 860. The Morgan fingerprint density at radius 3 is 2.91 bits per heavy atom. The summed E-state index contributed by atoms with van der Waals surface area (Å²) in [7, 11) is 1.61. The highest BCUT2D eigenvalue weighted by molar-refractivity contribution is 6.31. The number of methoxy groups -OCH3 is 1. The van der Waals surface area contributed by atoms with Crippen LogP contribution in [0.25, 0.3) is 11.0 Å². The molecule has 112 valence electrons. The van der Waals surface area contributed by atoms with Gasteiger partial charge in [0.25, 0.3) is 6.01 Å². The van der Waals surface area contributed by atoms with Crippen LogP contribution in [0.1, 0.15) is 5.56 Å².